The van der Waals surface area contributed by atoms with Gasteiger partial charge in [0.1, 0.15) is 5.69 Å². The van der Waals surface area contributed by atoms with Gasteiger partial charge >= 0.3 is 0 Å². The van der Waals surface area contributed by atoms with Crippen molar-refractivity contribution < 1.29 is 8.78 Å². The maximum Gasteiger partial charge on any atom is 0.187 e. The molecule has 0 saturated carbocycles. The van der Waals surface area contributed by atoms with E-state index in [0.717, 1.165) is 16.3 Å². The molecule has 3 aromatic rings. The quantitative estimate of drug-likeness (QED) is 0.735. The molecule has 0 atom stereocenters. The summed E-state index contributed by atoms with van der Waals surface area (Å²) in [6, 6.07) is 9.11. The largest absolute Gasteiger partial charge is 0.399 e. The predicted octanol–water partition coefficient (Wildman–Crippen LogP) is 2.50. The van der Waals surface area contributed by atoms with Crippen LogP contribution in [0.1, 0.15) is 5.56 Å². The Morgan fingerprint density at radius 1 is 1.14 bits per heavy atom. The van der Waals surface area contributed by atoms with E-state index in [-0.39, 0.29) is 11.5 Å². The summed E-state index contributed by atoms with van der Waals surface area (Å²) in [5.74, 6) is -1.68. The zero-order valence-corrected chi connectivity index (χ0v) is 11.1. The zero-order chi connectivity index (χ0) is 15.0. The fraction of sp³-hybridized carbons (Fsp3) is 0.0714. The van der Waals surface area contributed by atoms with Crippen LogP contribution in [0.25, 0.3) is 17.1 Å². The van der Waals surface area contributed by atoms with E-state index in [2.05, 4.69) is 15.5 Å². The van der Waals surface area contributed by atoms with Gasteiger partial charge in [-0.05, 0) is 53.2 Å². The number of aryl methyl sites for hydroxylation is 1. The molecule has 3 rings (SSSR count). The fourth-order valence-corrected chi connectivity index (χ4v) is 2.13. The van der Waals surface area contributed by atoms with Crippen molar-refractivity contribution in [1.82, 2.24) is 20.2 Å². The average Bonchev–Trinajstić information content (AvgIpc) is 2.90. The van der Waals surface area contributed by atoms with Crippen LogP contribution >= 0.6 is 0 Å². The summed E-state index contributed by atoms with van der Waals surface area (Å²) in [4.78, 5) is 0. The molecule has 0 bridgehead atoms. The summed E-state index contributed by atoms with van der Waals surface area (Å²) in [5.41, 5.74) is 7.82. The molecule has 1 aromatic heterocycles. The van der Waals surface area contributed by atoms with Crippen LogP contribution < -0.4 is 5.73 Å². The van der Waals surface area contributed by atoms with Crippen LogP contribution in [0.3, 0.4) is 0 Å². The van der Waals surface area contributed by atoms with Crippen molar-refractivity contribution >= 4 is 5.69 Å². The number of benzene rings is 2. The van der Waals surface area contributed by atoms with E-state index in [1.807, 2.05) is 13.0 Å². The predicted molar refractivity (Wildman–Crippen MR) is 73.7 cm³/mol. The minimum absolute atomic E-state index is 0.0601. The number of hydrogen-bond acceptors (Lipinski definition) is 4. The number of rotatable bonds is 2. The number of nitrogens with two attached hydrogens (primary N) is 1. The molecule has 7 heteroatoms. The van der Waals surface area contributed by atoms with E-state index in [1.54, 1.807) is 12.1 Å². The van der Waals surface area contributed by atoms with Gasteiger partial charge in [-0.1, -0.05) is 6.07 Å². The summed E-state index contributed by atoms with van der Waals surface area (Å²) < 4.78 is 28.4. The number of nitrogens with zero attached hydrogens (tertiary/aromatic N) is 4. The minimum atomic E-state index is -1.01. The lowest BCUT2D eigenvalue weighted by Crippen LogP contribution is -2.04. The highest BCUT2D eigenvalue weighted by atomic mass is 19.2. The second-order valence-electron chi connectivity index (χ2n) is 4.62. The number of anilines is 1. The summed E-state index contributed by atoms with van der Waals surface area (Å²) in [6.07, 6.45) is 0. The highest BCUT2D eigenvalue weighted by Crippen LogP contribution is 2.24. The molecule has 0 radical (unpaired) electrons. The summed E-state index contributed by atoms with van der Waals surface area (Å²) >= 11 is 0. The Morgan fingerprint density at radius 3 is 2.71 bits per heavy atom. The number of hydrogen-bond donors (Lipinski definition) is 1. The second kappa shape index (κ2) is 4.93. The molecule has 2 N–H and O–H groups in total. The van der Waals surface area contributed by atoms with Crippen molar-refractivity contribution in [2.45, 2.75) is 6.92 Å². The Morgan fingerprint density at radius 2 is 1.95 bits per heavy atom. The summed E-state index contributed by atoms with van der Waals surface area (Å²) in [5, 5.41) is 11.1. The third-order valence-corrected chi connectivity index (χ3v) is 2.99. The maximum atomic E-state index is 13.9. The van der Waals surface area contributed by atoms with Crippen LogP contribution in [-0.4, -0.2) is 20.2 Å². The van der Waals surface area contributed by atoms with E-state index in [4.69, 9.17) is 5.73 Å². The molecule has 0 unspecified atom stereocenters. The molecule has 0 saturated heterocycles. The average molecular weight is 287 g/mol. The van der Waals surface area contributed by atoms with Crippen LogP contribution in [0, 0.1) is 18.6 Å². The molecule has 106 valence electrons. The van der Waals surface area contributed by atoms with Gasteiger partial charge in [0.25, 0.3) is 0 Å². The van der Waals surface area contributed by atoms with E-state index in [1.165, 1.54) is 12.1 Å². The molecule has 2 aromatic carbocycles. The normalized spacial score (nSPS) is 10.8. The third-order valence-electron chi connectivity index (χ3n) is 2.99. The van der Waals surface area contributed by atoms with Crippen LogP contribution in [0.15, 0.2) is 36.4 Å². The van der Waals surface area contributed by atoms with Gasteiger partial charge in [0.05, 0.1) is 0 Å². The maximum absolute atomic E-state index is 13.9. The smallest absolute Gasteiger partial charge is 0.187 e. The summed E-state index contributed by atoms with van der Waals surface area (Å²) in [6.45, 7) is 1.87. The molecule has 1 heterocycles. The van der Waals surface area contributed by atoms with Crippen molar-refractivity contribution in [3.05, 3.63) is 53.6 Å². The summed E-state index contributed by atoms with van der Waals surface area (Å²) in [7, 11) is 0. The second-order valence-corrected chi connectivity index (χ2v) is 4.62. The van der Waals surface area contributed by atoms with Gasteiger partial charge in [-0.3, -0.25) is 0 Å². The zero-order valence-electron chi connectivity index (χ0n) is 11.1. The SMILES string of the molecule is Cc1cc(N)cc(-c2nnnn2-c2cccc(F)c2F)c1. The van der Waals surface area contributed by atoms with Crippen molar-refractivity contribution in [2.75, 3.05) is 5.73 Å². The highest BCUT2D eigenvalue weighted by Gasteiger charge is 2.16. The highest BCUT2D eigenvalue weighted by molar-refractivity contribution is 5.64. The standard InChI is InChI=1S/C14H11F2N5/c1-8-5-9(7-10(17)6-8)14-18-19-20-21(14)12-4-2-3-11(15)13(12)16/h2-7H,17H2,1H3. The molecule has 21 heavy (non-hydrogen) atoms. The first-order chi connectivity index (χ1) is 10.1. The third kappa shape index (κ3) is 2.33. The van der Waals surface area contributed by atoms with Gasteiger partial charge in [-0.15, -0.1) is 5.10 Å². The molecule has 0 aliphatic heterocycles. The van der Waals surface area contributed by atoms with Gasteiger partial charge in [-0.25, -0.2) is 8.78 Å². The van der Waals surface area contributed by atoms with Gasteiger partial charge in [0.2, 0.25) is 0 Å². The minimum Gasteiger partial charge on any atom is -0.399 e. The Balaban J connectivity index is 2.19. The first-order valence-electron chi connectivity index (χ1n) is 6.16. The van der Waals surface area contributed by atoms with Crippen molar-refractivity contribution in [3.8, 4) is 17.1 Å². The van der Waals surface area contributed by atoms with Crippen LogP contribution in [0.2, 0.25) is 0 Å². The van der Waals surface area contributed by atoms with Crippen LogP contribution in [-0.2, 0) is 0 Å². The van der Waals surface area contributed by atoms with Gasteiger partial charge in [-0.2, -0.15) is 4.68 Å². The molecule has 0 aliphatic carbocycles. The van der Waals surface area contributed by atoms with Gasteiger partial charge < -0.3 is 5.73 Å². The van der Waals surface area contributed by atoms with E-state index in [9.17, 15) is 8.78 Å². The van der Waals surface area contributed by atoms with Crippen LogP contribution in [0.4, 0.5) is 14.5 Å². The lowest BCUT2D eigenvalue weighted by Gasteiger charge is -2.07. The molecule has 5 nitrogen and oxygen atoms in total. The monoisotopic (exact) mass is 287 g/mol. The lowest BCUT2D eigenvalue weighted by atomic mass is 10.1. The molecule has 0 fully saturated rings. The topological polar surface area (TPSA) is 69.6 Å². The molecular weight excluding hydrogens is 276 g/mol. The lowest BCUT2D eigenvalue weighted by molar-refractivity contribution is 0.501. The van der Waals surface area contributed by atoms with Gasteiger partial charge in [0, 0.05) is 11.3 Å². The first-order valence-corrected chi connectivity index (χ1v) is 6.16. The molecule has 0 aliphatic rings. The van der Waals surface area contributed by atoms with Crippen molar-refractivity contribution in [1.29, 1.82) is 0 Å². The van der Waals surface area contributed by atoms with Crippen molar-refractivity contribution in [2.24, 2.45) is 0 Å². The van der Waals surface area contributed by atoms with E-state index >= 15 is 0 Å². The molecule has 0 spiro atoms. The van der Waals surface area contributed by atoms with Crippen LogP contribution in [0.5, 0.6) is 0 Å². The van der Waals surface area contributed by atoms with Crippen molar-refractivity contribution in [3.63, 3.8) is 0 Å². The number of halogens is 2. The first kappa shape index (κ1) is 13.2. The molecular formula is C14H11F2N5. The Bertz CT molecular complexity index is 793. The van der Waals surface area contributed by atoms with Gasteiger partial charge in [0.15, 0.2) is 17.5 Å². The van der Waals surface area contributed by atoms with E-state index < -0.39 is 11.6 Å². The Labute approximate surface area is 119 Å². The number of tetrazole rings is 1. The Kier molecular flexibility index (Phi) is 3.09. The molecule has 0 amide bonds. The fourth-order valence-electron chi connectivity index (χ4n) is 2.13. The Hall–Kier alpha value is -2.83. The number of aromatic nitrogens is 4. The van der Waals surface area contributed by atoms with E-state index in [0.29, 0.717) is 11.3 Å². The number of nitrogen functional groups attached to an aromatic ring is 1.